The summed E-state index contributed by atoms with van der Waals surface area (Å²) in [6.07, 6.45) is 6.10. The van der Waals surface area contributed by atoms with E-state index >= 15 is 0 Å². The van der Waals surface area contributed by atoms with Crippen molar-refractivity contribution in [1.82, 2.24) is 19.8 Å². The van der Waals surface area contributed by atoms with E-state index in [9.17, 15) is 4.79 Å². The zero-order chi connectivity index (χ0) is 21.5. The lowest BCUT2D eigenvalue weighted by Gasteiger charge is -2.36. The molecule has 1 N–H and O–H groups in total. The molecule has 0 atom stereocenters. The molecule has 2 heterocycles. The summed E-state index contributed by atoms with van der Waals surface area (Å²) < 4.78 is 2.04. The van der Waals surface area contributed by atoms with Crippen LogP contribution in [0.15, 0.2) is 67.3 Å². The summed E-state index contributed by atoms with van der Waals surface area (Å²) in [5.74, 6) is 0.114. The molecule has 6 nitrogen and oxygen atoms in total. The molecule has 1 aliphatic heterocycles. The summed E-state index contributed by atoms with van der Waals surface area (Å²) >= 11 is 0. The summed E-state index contributed by atoms with van der Waals surface area (Å²) in [4.78, 5) is 21.2. The van der Waals surface area contributed by atoms with Crippen LogP contribution >= 0.6 is 0 Å². The molecular formula is C25H31N5O. The first kappa shape index (κ1) is 21.1. The average molecular weight is 418 g/mol. The van der Waals surface area contributed by atoms with Crippen molar-refractivity contribution >= 4 is 11.6 Å². The Hall–Kier alpha value is -3.12. The monoisotopic (exact) mass is 417 g/mol. The van der Waals surface area contributed by atoms with Gasteiger partial charge in [-0.2, -0.15) is 0 Å². The number of amides is 1. The molecule has 1 saturated heterocycles. The van der Waals surface area contributed by atoms with Crippen LogP contribution in [0, 0.1) is 6.92 Å². The molecule has 0 saturated carbocycles. The molecule has 31 heavy (non-hydrogen) atoms. The molecule has 1 aliphatic rings. The highest BCUT2D eigenvalue weighted by Crippen LogP contribution is 2.17. The summed E-state index contributed by atoms with van der Waals surface area (Å²) in [5, 5.41) is 3.05. The third-order valence-electron chi connectivity index (χ3n) is 5.83. The quantitative estimate of drug-likeness (QED) is 0.612. The van der Waals surface area contributed by atoms with Crippen molar-refractivity contribution in [3.63, 3.8) is 0 Å². The molecule has 1 fully saturated rings. The number of hydrogen-bond donors (Lipinski definition) is 1. The van der Waals surface area contributed by atoms with Crippen molar-refractivity contribution in [2.75, 3.05) is 37.6 Å². The van der Waals surface area contributed by atoms with E-state index in [2.05, 4.69) is 75.6 Å². The van der Waals surface area contributed by atoms with Crippen molar-refractivity contribution in [1.29, 1.82) is 0 Å². The Kier molecular flexibility index (Phi) is 6.99. The second-order valence-electron chi connectivity index (χ2n) is 8.25. The lowest BCUT2D eigenvalue weighted by atomic mass is 10.1. The van der Waals surface area contributed by atoms with E-state index in [1.165, 1.54) is 16.8 Å². The van der Waals surface area contributed by atoms with E-state index in [0.29, 0.717) is 13.0 Å². The van der Waals surface area contributed by atoms with Crippen molar-refractivity contribution in [3.05, 3.63) is 83.9 Å². The van der Waals surface area contributed by atoms with Crippen LogP contribution in [0.1, 0.15) is 23.1 Å². The van der Waals surface area contributed by atoms with Crippen LogP contribution in [-0.2, 0) is 17.9 Å². The standard InChI is InChI=1S/C25H31N5O/c1-21-3-2-4-24(17-21)30-15-13-28(14-16-30)11-9-25(31)27-18-22-5-7-23(8-6-22)19-29-12-10-26-20-29/h2-8,10,12,17,20H,9,11,13-16,18-19H2,1H3,(H,27,31). The number of anilines is 1. The number of piperazine rings is 1. The van der Waals surface area contributed by atoms with Gasteiger partial charge in [0.2, 0.25) is 5.91 Å². The molecule has 0 unspecified atom stereocenters. The second-order valence-corrected chi connectivity index (χ2v) is 8.25. The van der Waals surface area contributed by atoms with Gasteiger partial charge in [0.05, 0.1) is 6.33 Å². The molecule has 1 amide bonds. The summed E-state index contributed by atoms with van der Waals surface area (Å²) in [6, 6.07) is 17.1. The topological polar surface area (TPSA) is 53.4 Å². The predicted octanol–water partition coefficient (Wildman–Crippen LogP) is 3.07. The number of nitrogens with zero attached hydrogens (tertiary/aromatic N) is 4. The van der Waals surface area contributed by atoms with Gasteiger partial charge in [-0.05, 0) is 35.7 Å². The smallest absolute Gasteiger partial charge is 0.221 e. The summed E-state index contributed by atoms with van der Waals surface area (Å²) in [5.41, 5.74) is 4.94. The van der Waals surface area contributed by atoms with Crippen LogP contribution in [0.3, 0.4) is 0 Å². The van der Waals surface area contributed by atoms with Gasteiger partial charge in [-0.1, -0.05) is 36.4 Å². The zero-order valence-electron chi connectivity index (χ0n) is 18.2. The Balaban J connectivity index is 1.15. The molecule has 4 rings (SSSR count). The maximum atomic E-state index is 12.3. The Labute approximate surface area is 184 Å². The van der Waals surface area contributed by atoms with Crippen molar-refractivity contribution < 1.29 is 4.79 Å². The van der Waals surface area contributed by atoms with Crippen molar-refractivity contribution in [2.24, 2.45) is 0 Å². The van der Waals surface area contributed by atoms with Crippen molar-refractivity contribution in [2.45, 2.75) is 26.4 Å². The number of aryl methyl sites for hydroxylation is 1. The molecule has 2 aromatic carbocycles. The zero-order valence-corrected chi connectivity index (χ0v) is 18.2. The second kappa shape index (κ2) is 10.3. The number of imidazole rings is 1. The highest BCUT2D eigenvalue weighted by Gasteiger charge is 2.17. The summed E-state index contributed by atoms with van der Waals surface area (Å²) in [7, 11) is 0. The van der Waals surface area contributed by atoms with E-state index in [-0.39, 0.29) is 5.91 Å². The SMILES string of the molecule is Cc1cccc(N2CCN(CCC(=O)NCc3ccc(Cn4ccnc4)cc3)CC2)c1. The van der Waals surface area contributed by atoms with Gasteiger partial charge in [-0.25, -0.2) is 4.98 Å². The molecule has 1 aromatic heterocycles. The normalized spacial score (nSPS) is 14.5. The maximum Gasteiger partial charge on any atom is 0.221 e. The van der Waals surface area contributed by atoms with E-state index < -0.39 is 0 Å². The number of benzene rings is 2. The minimum Gasteiger partial charge on any atom is -0.369 e. The van der Waals surface area contributed by atoms with Crippen LogP contribution < -0.4 is 10.2 Å². The van der Waals surface area contributed by atoms with Crippen LogP contribution in [0.5, 0.6) is 0 Å². The first-order chi connectivity index (χ1) is 15.2. The third kappa shape index (κ3) is 6.18. The van der Waals surface area contributed by atoms with Crippen LogP contribution in [0.4, 0.5) is 5.69 Å². The number of hydrogen-bond acceptors (Lipinski definition) is 4. The third-order valence-corrected chi connectivity index (χ3v) is 5.83. The first-order valence-corrected chi connectivity index (χ1v) is 11.0. The van der Waals surface area contributed by atoms with Gasteiger partial charge in [-0.3, -0.25) is 9.69 Å². The molecular weight excluding hydrogens is 386 g/mol. The number of aromatic nitrogens is 2. The molecule has 0 bridgehead atoms. The number of carbonyl (C=O) groups is 1. The van der Waals surface area contributed by atoms with Gasteiger partial charge in [-0.15, -0.1) is 0 Å². The Morgan fingerprint density at radius 1 is 1.03 bits per heavy atom. The van der Waals surface area contributed by atoms with Gasteiger partial charge in [0.1, 0.15) is 0 Å². The minimum atomic E-state index is 0.114. The Morgan fingerprint density at radius 2 is 1.81 bits per heavy atom. The van der Waals surface area contributed by atoms with Gasteiger partial charge >= 0.3 is 0 Å². The fraction of sp³-hybridized carbons (Fsp3) is 0.360. The lowest BCUT2D eigenvalue weighted by Crippen LogP contribution is -2.47. The van der Waals surface area contributed by atoms with Crippen LogP contribution in [0.25, 0.3) is 0 Å². The van der Waals surface area contributed by atoms with Gasteiger partial charge in [0, 0.05) is 70.3 Å². The molecule has 6 heteroatoms. The van der Waals surface area contributed by atoms with Gasteiger partial charge in [0.25, 0.3) is 0 Å². The average Bonchev–Trinajstić information content (AvgIpc) is 3.31. The predicted molar refractivity (Wildman–Crippen MR) is 124 cm³/mol. The summed E-state index contributed by atoms with van der Waals surface area (Å²) in [6.45, 7) is 8.35. The Bertz CT molecular complexity index is 960. The molecule has 0 radical (unpaired) electrons. The lowest BCUT2D eigenvalue weighted by molar-refractivity contribution is -0.121. The van der Waals surface area contributed by atoms with Crippen LogP contribution in [0.2, 0.25) is 0 Å². The highest BCUT2D eigenvalue weighted by atomic mass is 16.1. The maximum absolute atomic E-state index is 12.3. The van der Waals surface area contributed by atoms with E-state index in [4.69, 9.17) is 0 Å². The fourth-order valence-corrected chi connectivity index (χ4v) is 3.96. The van der Waals surface area contributed by atoms with E-state index in [1.807, 2.05) is 17.1 Å². The first-order valence-electron chi connectivity index (χ1n) is 11.0. The number of carbonyl (C=O) groups excluding carboxylic acids is 1. The number of rotatable bonds is 8. The van der Waals surface area contributed by atoms with Gasteiger partial charge in [0.15, 0.2) is 0 Å². The fourth-order valence-electron chi connectivity index (χ4n) is 3.96. The number of nitrogens with one attached hydrogen (secondary N) is 1. The largest absolute Gasteiger partial charge is 0.369 e. The molecule has 0 aliphatic carbocycles. The molecule has 3 aromatic rings. The van der Waals surface area contributed by atoms with E-state index in [0.717, 1.165) is 44.8 Å². The molecule has 162 valence electrons. The highest BCUT2D eigenvalue weighted by molar-refractivity contribution is 5.76. The van der Waals surface area contributed by atoms with E-state index in [1.54, 1.807) is 6.20 Å². The van der Waals surface area contributed by atoms with Crippen LogP contribution in [-0.4, -0.2) is 53.1 Å². The molecule has 0 spiro atoms. The van der Waals surface area contributed by atoms with Gasteiger partial charge < -0.3 is 14.8 Å². The van der Waals surface area contributed by atoms with Crippen molar-refractivity contribution in [3.8, 4) is 0 Å². The Morgan fingerprint density at radius 3 is 2.52 bits per heavy atom. The minimum absolute atomic E-state index is 0.114.